The van der Waals surface area contributed by atoms with Crippen LogP contribution in [0.5, 0.6) is 0 Å². The molecule has 0 saturated carbocycles. The van der Waals surface area contributed by atoms with Crippen LogP contribution in [0.2, 0.25) is 0 Å². The Labute approximate surface area is 428 Å². The van der Waals surface area contributed by atoms with Crippen LogP contribution in [0, 0.1) is 0 Å². The Morgan fingerprint density at radius 1 is 0.420 bits per heavy atom. The largest absolute Gasteiger partial charge is 0.462 e. The maximum Gasteiger partial charge on any atom is 0.306 e. The lowest BCUT2D eigenvalue weighted by Gasteiger charge is -2.24. The summed E-state index contributed by atoms with van der Waals surface area (Å²) in [6.45, 7) is 6.48. The number of aliphatic hydroxyl groups excluding tert-OH is 2. The summed E-state index contributed by atoms with van der Waals surface area (Å²) in [6, 6.07) is -0.719. The maximum atomic E-state index is 13.3. The standard InChI is InChI=1S/C63H115NO5/c1-4-7-10-13-16-19-22-25-28-31-32-35-38-41-44-47-50-53-56-63(68)69-59(54-51-48-45-42-39-36-33-29-26-23-20-17-14-11-8-5-2)57-62(67)64-60(58-65)61(66)55-52-49-46-43-40-37-34-30-27-24-21-18-15-12-9-6-3/h23,26,28-29,31-33,35-36,39,59-61,65-66H,4-22,24-25,27,30,34,37-38,40-58H2,1-3H3,(H,64,67)/b26-23+,31-28+,33-29+,35-32+,39-36+. The summed E-state index contributed by atoms with van der Waals surface area (Å²) in [7, 11) is 0. The number of esters is 1. The lowest BCUT2D eigenvalue weighted by Crippen LogP contribution is -2.46. The number of carbonyl (C=O) groups is 2. The summed E-state index contributed by atoms with van der Waals surface area (Å²) in [6.07, 6.45) is 71.4. The van der Waals surface area contributed by atoms with E-state index in [2.05, 4.69) is 86.8 Å². The first-order valence-corrected chi connectivity index (χ1v) is 30.1. The number of hydrogen-bond acceptors (Lipinski definition) is 5. The molecule has 6 nitrogen and oxygen atoms in total. The van der Waals surface area contributed by atoms with Gasteiger partial charge in [-0.2, -0.15) is 0 Å². The summed E-state index contributed by atoms with van der Waals surface area (Å²) in [5.74, 6) is -0.516. The van der Waals surface area contributed by atoms with Gasteiger partial charge in [-0.1, -0.05) is 274 Å². The van der Waals surface area contributed by atoms with Crippen LogP contribution in [-0.4, -0.2) is 46.9 Å². The van der Waals surface area contributed by atoms with Crippen LogP contribution in [0.3, 0.4) is 0 Å². The second-order valence-electron chi connectivity index (χ2n) is 20.5. The van der Waals surface area contributed by atoms with E-state index in [-0.39, 0.29) is 24.9 Å². The second kappa shape index (κ2) is 56.5. The van der Waals surface area contributed by atoms with E-state index in [0.29, 0.717) is 19.3 Å². The molecule has 0 spiro atoms. The van der Waals surface area contributed by atoms with Crippen molar-refractivity contribution in [1.29, 1.82) is 0 Å². The summed E-state index contributed by atoms with van der Waals surface area (Å²) >= 11 is 0. The summed E-state index contributed by atoms with van der Waals surface area (Å²) < 4.78 is 5.95. The van der Waals surface area contributed by atoms with Crippen molar-refractivity contribution >= 4 is 11.9 Å². The topological polar surface area (TPSA) is 95.9 Å². The average Bonchev–Trinajstić information content (AvgIpc) is 3.34. The molecule has 3 atom stereocenters. The van der Waals surface area contributed by atoms with Crippen LogP contribution in [0.1, 0.15) is 303 Å². The van der Waals surface area contributed by atoms with Gasteiger partial charge in [0.15, 0.2) is 0 Å². The normalized spacial score (nSPS) is 13.5. The summed E-state index contributed by atoms with van der Waals surface area (Å²) in [5.41, 5.74) is 0. The molecule has 69 heavy (non-hydrogen) atoms. The van der Waals surface area contributed by atoms with E-state index in [1.54, 1.807) is 0 Å². The molecule has 0 heterocycles. The number of nitrogens with one attached hydrogen (secondary N) is 1. The molecule has 0 radical (unpaired) electrons. The highest BCUT2D eigenvalue weighted by atomic mass is 16.5. The number of hydrogen-bond donors (Lipinski definition) is 3. The number of ether oxygens (including phenoxy) is 1. The number of amides is 1. The van der Waals surface area contributed by atoms with E-state index in [9.17, 15) is 19.8 Å². The Balaban J connectivity index is 4.63. The fourth-order valence-electron chi connectivity index (χ4n) is 9.07. The third-order valence-electron chi connectivity index (χ3n) is 13.7. The predicted molar refractivity (Wildman–Crippen MR) is 301 cm³/mol. The van der Waals surface area contributed by atoms with Crippen LogP contribution < -0.4 is 5.32 Å². The molecule has 0 aromatic rings. The number of allylic oxidation sites excluding steroid dienone is 10. The van der Waals surface area contributed by atoms with Gasteiger partial charge in [-0.25, -0.2) is 0 Å². The number of aliphatic hydroxyl groups is 2. The summed E-state index contributed by atoms with van der Waals surface area (Å²) in [5, 5.41) is 23.9. The van der Waals surface area contributed by atoms with Gasteiger partial charge in [0.05, 0.1) is 25.2 Å². The highest BCUT2D eigenvalue weighted by Crippen LogP contribution is 2.18. The van der Waals surface area contributed by atoms with E-state index >= 15 is 0 Å². The van der Waals surface area contributed by atoms with Crippen molar-refractivity contribution in [1.82, 2.24) is 5.32 Å². The SMILES string of the molecule is CCCCCCC/C=C/C=C/C=C/CCCCCC(CC(=O)NC(CO)C(O)CCCCCCCCCCCCCCCCCC)OC(=O)CCCCCCC/C=C/C=C/CCCCCCCCC. The van der Waals surface area contributed by atoms with Crippen molar-refractivity contribution in [2.45, 2.75) is 322 Å². The molecular formula is C63H115NO5. The monoisotopic (exact) mass is 966 g/mol. The first kappa shape index (κ1) is 66.6. The van der Waals surface area contributed by atoms with Crippen molar-refractivity contribution < 1.29 is 24.5 Å². The van der Waals surface area contributed by atoms with Crippen LogP contribution in [-0.2, 0) is 14.3 Å². The molecular weight excluding hydrogens is 851 g/mol. The van der Waals surface area contributed by atoms with E-state index in [0.717, 1.165) is 89.9 Å². The highest BCUT2D eigenvalue weighted by Gasteiger charge is 2.24. The molecule has 0 aliphatic heterocycles. The van der Waals surface area contributed by atoms with Crippen LogP contribution in [0.25, 0.3) is 0 Å². The van der Waals surface area contributed by atoms with E-state index in [1.807, 2.05) is 0 Å². The zero-order valence-corrected chi connectivity index (χ0v) is 45.9. The van der Waals surface area contributed by atoms with Crippen LogP contribution in [0.4, 0.5) is 0 Å². The Morgan fingerprint density at radius 3 is 1.13 bits per heavy atom. The Morgan fingerprint density at radius 2 is 0.739 bits per heavy atom. The molecule has 0 fully saturated rings. The minimum Gasteiger partial charge on any atom is -0.462 e. The fourth-order valence-corrected chi connectivity index (χ4v) is 9.07. The molecule has 402 valence electrons. The molecule has 1 amide bonds. The number of rotatable bonds is 54. The first-order chi connectivity index (χ1) is 34.0. The van der Waals surface area contributed by atoms with Gasteiger partial charge >= 0.3 is 5.97 Å². The van der Waals surface area contributed by atoms with Crippen molar-refractivity contribution in [3.63, 3.8) is 0 Å². The van der Waals surface area contributed by atoms with Crippen molar-refractivity contribution in [2.75, 3.05) is 6.61 Å². The number of carbonyl (C=O) groups excluding carboxylic acids is 2. The molecule has 0 rings (SSSR count). The van der Waals surface area contributed by atoms with Gasteiger partial charge in [0.25, 0.3) is 0 Å². The third kappa shape index (κ3) is 51.7. The van der Waals surface area contributed by atoms with Gasteiger partial charge in [0.2, 0.25) is 5.91 Å². The van der Waals surface area contributed by atoms with Gasteiger partial charge in [-0.3, -0.25) is 9.59 Å². The highest BCUT2D eigenvalue weighted by molar-refractivity contribution is 5.77. The minimum atomic E-state index is -0.803. The van der Waals surface area contributed by atoms with Gasteiger partial charge in [0.1, 0.15) is 6.10 Å². The first-order valence-electron chi connectivity index (χ1n) is 30.1. The third-order valence-corrected chi connectivity index (χ3v) is 13.7. The van der Waals surface area contributed by atoms with Crippen LogP contribution >= 0.6 is 0 Å². The molecule has 0 aromatic carbocycles. The Kier molecular flexibility index (Phi) is 54.5. The lowest BCUT2D eigenvalue weighted by atomic mass is 10.0. The van der Waals surface area contributed by atoms with Gasteiger partial charge in [0, 0.05) is 6.42 Å². The van der Waals surface area contributed by atoms with E-state index in [4.69, 9.17) is 4.74 Å². The smallest absolute Gasteiger partial charge is 0.306 e. The second-order valence-corrected chi connectivity index (χ2v) is 20.5. The quantitative estimate of drug-likeness (QED) is 0.0321. The molecule has 0 saturated heterocycles. The molecule has 6 heteroatoms. The maximum absolute atomic E-state index is 13.3. The number of unbranched alkanes of at least 4 members (excludes halogenated alkanes) is 35. The predicted octanol–water partition coefficient (Wildman–Crippen LogP) is 18.7. The van der Waals surface area contributed by atoms with Gasteiger partial charge in [-0.05, 0) is 77.0 Å². The molecule has 0 bridgehead atoms. The summed E-state index contributed by atoms with van der Waals surface area (Å²) in [4.78, 5) is 26.3. The molecule has 0 aliphatic carbocycles. The lowest BCUT2D eigenvalue weighted by molar-refractivity contribution is -0.151. The van der Waals surface area contributed by atoms with Crippen LogP contribution in [0.15, 0.2) is 60.8 Å². The fraction of sp³-hybridized carbons (Fsp3) is 0.810. The Bertz CT molecular complexity index is 1220. The molecule has 3 unspecified atom stereocenters. The Hall–Kier alpha value is -2.44. The zero-order chi connectivity index (χ0) is 50.2. The molecule has 3 N–H and O–H groups in total. The molecule has 0 aliphatic rings. The average molecular weight is 967 g/mol. The van der Waals surface area contributed by atoms with Gasteiger partial charge < -0.3 is 20.3 Å². The van der Waals surface area contributed by atoms with Gasteiger partial charge in [-0.15, -0.1) is 0 Å². The van der Waals surface area contributed by atoms with Crippen molar-refractivity contribution in [3.05, 3.63) is 60.8 Å². The van der Waals surface area contributed by atoms with E-state index < -0.39 is 18.2 Å². The molecule has 0 aromatic heterocycles. The van der Waals surface area contributed by atoms with Crippen molar-refractivity contribution in [3.8, 4) is 0 Å². The van der Waals surface area contributed by atoms with Crippen molar-refractivity contribution in [2.24, 2.45) is 0 Å². The zero-order valence-electron chi connectivity index (χ0n) is 45.9. The minimum absolute atomic E-state index is 0.0484. The van der Waals surface area contributed by atoms with E-state index in [1.165, 1.54) is 167 Å².